The van der Waals surface area contributed by atoms with E-state index in [2.05, 4.69) is 5.32 Å². The van der Waals surface area contributed by atoms with Crippen molar-refractivity contribution in [2.75, 3.05) is 19.6 Å². The first-order valence-corrected chi connectivity index (χ1v) is 7.31. The summed E-state index contributed by atoms with van der Waals surface area (Å²) < 4.78 is 18.9. The number of amides is 1. The predicted octanol–water partition coefficient (Wildman–Crippen LogP) is 3.36. The maximum atomic E-state index is 13.5. The number of halogens is 2. The summed E-state index contributed by atoms with van der Waals surface area (Å²) in [5, 5.41) is 3.35. The number of hydrogen-bond donors (Lipinski definition) is 1. The Morgan fingerprint density at radius 3 is 2.86 bits per heavy atom. The van der Waals surface area contributed by atoms with Crippen LogP contribution in [0.1, 0.15) is 32.4 Å². The Hall–Kier alpha value is -1.33. The number of nitrogens with zero attached hydrogens (tertiary/aromatic N) is 1. The Bertz CT molecular complexity index is 531. The number of hydrogen-bond acceptors (Lipinski definition) is 3. The summed E-state index contributed by atoms with van der Waals surface area (Å²) in [5.41, 5.74) is 0.124. The number of carbonyl (C=O) groups is 1. The number of benzene rings is 1. The van der Waals surface area contributed by atoms with Gasteiger partial charge in [0.1, 0.15) is 11.4 Å². The van der Waals surface area contributed by atoms with Gasteiger partial charge in [-0.3, -0.25) is 0 Å². The van der Waals surface area contributed by atoms with Crippen LogP contribution in [-0.4, -0.2) is 36.2 Å². The molecule has 0 aliphatic carbocycles. The summed E-state index contributed by atoms with van der Waals surface area (Å²) in [5.74, 6) is -0.453. The van der Waals surface area contributed by atoms with Crippen LogP contribution in [-0.2, 0) is 4.74 Å². The fourth-order valence-electron chi connectivity index (χ4n) is 2.24. The molecule has 4 nitrogen and oxygen atoms in total. The molecule has 1 unspecified atom stereocenters. The van der Waals surface area contributed by atoms with E-state index in [1.165, 1.54) is 6.07 Å². The quantitative estimate of drug-likeness (QED) is 0.864. The standard InChI is InChI=1S/C15H20ClFN2O2/c1-15(2,3)21-14(20)19-8-7-18-12(9-19)10-5-4-6-11(17)13(10)16/h4-6,12,18H,7-9H2,1-3H3. The lowest BCUT2D eigenvalue weighted by Crippen LogP contribution is -2.49. The van der Waals surface area contributed by atoms with Crippen molar-refractivity contribution in [2.45, 2.75) is 32.4 Å². The van der Waals surface area contributed by atoms with Crippen molar-refractivity contribution in [3.63, 3.8) is 0 Å². The summed E-state index contributed by atoms with van der Waals surface area (Å²) in [7, 11) is 0. The van der Waals surface area contributed by atoms with Crippen LogP contribution in [0.2, 0.25) is 5.02 Å². The van der Waals surface area contributed by atoms with Gasteiger partial charge in [-0.1, -0.05) is 23.7 Å². The summed E-state index contributed by atoms with van der Waals surface area (Å²) in [4.78, 5) is 13.7. The minimum absolute atomic E-state index is 0.0982. The van der Waals surface area contributed by atoms with Gasteiger partial charge in [-0.2, -0.15) is 0 Å². The van der Waals surface area contributed by atoms with Crippen LogP contribution in [0.25, 0.3) is 0 Å². The summed E-state index contributed by atoms with van der Waals surface area (Å²) in [6.07, 6.45) is -0.360. The highest BCUT2D eigenvalue weighted by molar-refractivity contribution is 6.31. The summed E-state index contributed by atoms with van der Waals surface area (Å²) in [6, 6.07) is 4.50. The first-order chi connectivity index (χ1) is 9.78. The zero-order valence-corrected chi connectivity index (χ0v) is 13.2. The highest BCUT2D eigenvalue weighted by Crippen LogP contribution is 2.27. The number of carbonyl (C=O) groups excluding carboxylic acids is 1. The smallest absolute Gasteiger partial charge is 0.410 e. The lowest BCUT2D eigenvalue weighted by Gasteiger charge is -2.35. The molecule has 21 heavy (non-hydrogen) atoms. The van der Waals surface area contributed by atoms with Crippen LogP contribution in [0, 0.1) is 5.82 Å². The van der Waals surface area contributed by atoms with Crippen LogP contribution in [0.4, 0.5) is 9.18 Å². The van der Waals surface area contributed by atoms with Gasteiger partial charge in [0.25, 0.3) is 0 Å². The minimum atomic E-state index is -0.534. The zero-order chi connectivity index (χ0) is 15.6. The van der Waals surface area contributed by atoms with Crippen LogP contribution in [0.3, 0.4) is 0 Å². The average molecular weight is 315 g/mol. The fourth-order valence-corrected chi connectivity index (χ4v) is 2.50. The Kier molecular flexibility index (Phi) is 4.74. The third-order valence-corrected chi connectivity index (χ3v) is 3.58. The van der Waals surface area contributed by atoms with Gasteiger partial charge in [-0.25, -0.2) is 9.18 Å². The van der Waals surface area contributed by atoms with E-state index in [0.717, 1.165) is 0 Å². The van der Waals surface area contributed by atoms with Crippen molar-refractivity contribution in [2.24, 2.45) is 0 Å². The first-order valence-electron chi connectivity index (χ1n) is 6.93. The molecule has 1 aromatic rings. The maximum absolute atomic E-state index is 13.5. The van der Waals surface area contributed by atoms with Crippen molar-refractivity contribution in [3.8, 4) is 0 Å². The zero-order valence-electron chi connectivity index (χ0n) is 12.5. The van der Waals surface area contributed by atoms with Gasteiger partial charge < -0.3 is 15.0 Å². The molecule has 0 aromatic heterocycles. The molecule has 1 N–H and O–H groups in total. The molecule has 0 radical (unpaired) electrons. The molecule has 1 saturated heterocycles. The molecule has 0 bridgehead atoms. The van der Waals surface area contributed by atoms with Crippen molar-refractivity contribution >= 4 is 17.7 Å². The highest BCUT2D eigenvalue weighted by atomic mass is 35.5. The van der Waals surface area contributed by atoms with Crippen molar-refractivity contribution < 1.29 is 13.9 Å². The molecule has 0 spiro atoms. The number of rotatable bonds is 1. The van der Waals surface area contributed by atoms with Crippen LogP contribution < -0.4 is 5.32 Å². The minimum Gasteiger partial charge on any atom is -0.444 e. The Morgan fingerprint density at radius 2 is 2.19 bits per heavy atom. The van der Waals surface area contributed by atoms with Gasteiger partial charge in [0.2, 0.25) is 0 Å². The first kappa shape index (κ1) is 16.0. The van der Waals surface area contributed by atoms with Gasteiger partial charge in [-0.15, -0.1) is 0 Å². The molecule has 2 rings (SSSR count). The van der Waals surface area contributed by atoms with E-state index < -0.39 is 11.4 Å². The van der Waals surface area contributed by atoms with Crippen LogP contribution in [0.15, 0.2) is 18.2 Å². The second kappa shape index (κ2) is 6.20. The van der Waals surface area contributed by atoms with E-state index in [9.17, 15) is 9.18 Å². The average Bonchev–Trinajstić information content (AvgIpc) is 2.40. The van der Waals surface area contributed by atoms with E-state index in [0.29, 0.717) is 25.2 Å². The largest absolute Gasteiger partial charge is 0.444 e. The topological polar surface area (TPSA) is 41.6 Å². The molecule has 1 aliphatic heterocycles. The third kappa shape index (κ3) is 4.08. The second-order valence-electron chi connectivity index (χ2n) is 6.08. The molecular formula is C15H20ClFN2O2. The molecular weight excluding hydrogens is 295 g/mol. The van der Waals surface area contributed by atoms with E-state index in [1.54, 1.807) is 17.0 Å². The monoisotopic (exact) mass is 314 g/mol. The Labute approximate surface area is 129 Å². The van der Waals surface area contributed by atoms with Gasteiger partial charge in [0.05, 0.1) is 11.1 Å². The highest BCUT2D eigenvalue weighted by Gasteiger charge is 2.29. The molecule has 1 aliphatic rings. The fraction of sp³-hybridized carbons (Fsp3) is 0.533. The second-order valence-corrected chi connectivity index (χ2v) is 6.45. The molecule has 1 heterocycles. The van der Waals surface area contributed by atoms with Crippen molar-refractivity contribution in [3.05, 3.63) is 34.6 Å². The molecule has 1 amide bonds. The predicted molar refractivity (Wildman–Crippen MR) is 80.0 cm³/mol. The van der Waals surface area contributed by atoms with Gasteiger partial charge >= 0.3 is 6.09 Å². The molecule has 0 saturated carbocycles. The lowest BCUT2D eigenvalue weighted by atomic mass is 10.0. The Balaban J connectivity index is 2.10. The van der Waals surface area contributed by atoms with Gasteiger partial charge in [-0.05, 0) is 32.4 Å². The lowest BCUT2D eigenvalue weighted by molar-refractivity contribution is 0.0195. The number of piperazine rings is 1. The molecule has 1 fully saturated rings. The van der Waals surface area contributed by atoms with E-state index in [-0.39, 0.29) is 17.2 Å². The summed E-state index contributed by atoms with van der Waals surface area (Å²) >= 11 is 6.01. The molecule has 116 valence electrons. The van der Waals surface area contributed by atoms with Gasteiger partial charge in [0, 0.05) is 19.6 Å². The number of nitrogens with one attached hydrogen (secondary N) is 1. The third-order valence-electron chi connectivity index (χ3n) is 3.18. The van der Waals surface area contributed by atoms with E-state index in [1.807, 2.05) is 20.8 Å². The maximum Gasteiger partial charge on any atom is 0.410 e. The SMILES string of the molecule is CC(C)(C)OC(=O)N1CCNC(c2cccc(F)c2Cl)C1. The number of ether oxygens (including phenoxy) is 1. The van der Waals surface area contributed by atoms with Crippen LogP contribution in [0.5, 0.6) is 0 Å². The van der Waals surface area contributed by atoms with E-state index in [4.69, 9.17) is 16.3 Å². The van der Waals surface area contributed by atoms with Crippen molar-refractivity contribution in [1.82, 2.24) is 10.2 Å². The Morgan fingerprint density at radius 1 is 1.48 bits per heavy atom. The molecule has 1 aromatic carbocycles. The van der Waals surface area contributed by atoms with Gasteiger partial charge in [0.15, 0.2) is 0 Å². The van der Waals surface area contributed by atoms with Crippen LogP contribution >= 0.6 is 11.6 Å². The summed E-state index contributed by atoms with van der Waals surface area (Å²) in [6.45, 7) is 7.04. The van der Waals surface area contributed by atoms with Crippen molar-refractivity contribution in [1.29, 1.82) is 0 Å². The normalized spacial score (nSPS) is 19.5. The molecule has 6 heteroatoms. The van der Waals surface area contributed by atoms with E-state index >= 15 is 0 Å². The molecule has 1 atom stereocenters.